The summed E-state index contributed by atoms with van der Waals surface area (Å²) >= 11 is 0. The number of nitrogens with one attached hydrogen (secondary N) is 1. The van der Waals surface area contributed by atoms with Crippen LogP contribution in [0.5, 0.6) is 0 Å². The summed E-state index contributed by atoms with van der Waals surface area (Å²) in [6.45, 7) is 8.65. The Morgan fingerprint density at radius 2 is 2.00 bits per heavy atom. The Morgan fingerprint density at radius 1 is 1.24 bits per heavy atom. The highest BCUT2D eigenvalue weighted by atomic mass is 16.5. The zero-order valence-corrected chi connectivity index (χ0v) is 14.4. The van der Waals surface area contributed by atoms with Crippen molar-refractivity contribution in [2.75, 3.05) is 13.2 Å². The molecule has 0 heterocycles. The Kier molecular flexibility index (Phi) is 6.75. The van der Waals surface area contributed by atoms with Crippen LogP contribution < -0.4 is 5.32 Å². The maximum Gasteiger partial charge on any atom is 0.0873 e. The fourth-order valence-corrected chi connectivity index (χ4v) is 4.22. The Morgan fingerprint density at radius 3 is 2.67 bits per heavy atom. The van der Waals surface area contributed by atoms with Crippen LogP contribution in [0.15, 0.2) is 11.6 Å². The zero-order chi connectivity index (χ0) is 15.1. The molecular formula is C19H35NO. The van der Waals surface area contributed by atoms with Crippen molar-refractivity contribution in [2.24, 2.45) is 5.92 Å². The van der Waals surface area contributed by atoms with E-state index in [9.17, 15) is 0 Å². The Labute approximate surface area is 131 Å². The number of hydrogen-bond acceptors (Lipinski definition) is 2. The minimum absolute atomic E-state index is 0.0491. The lowest BCUT2D eigenvalue weighted by Crippen LogP contribution is -2.55. The van der Waals surface area contributed by atoms with Gasteiger partial charge in [-0.1, -0.05) is 31.9 Å². The normalized spacial score (nSPS) is 32.3. The lowest BCUT2D eigenvalue weighted by atomic mass is 9.72. The van der Waals surface area contributed by atoms with Gasteiger partial charge < -0.3 is 10.1 Å². The molecule has 0 aromatic heterocycles. The van der Waals surface area contributed by atoms with E-state index in [4.69, 9.17) is 4.74 Å². The first-order valence-corrected chi connectivity index (χ1v) is 9.28. The van der Waals surface area contributed by atoms with Crippen molar-refractivity contribution in [1.82, 2.24) is 5.32 Å². The van der Waals surface area contributed by atoms with Gasteiger partial charge in [-0.25, -0.2) is 0 Å². The number of allylic oxidation sites excluding steroid dienone is 1. The van der Waals surface area contributed by atoms with Gasteiger partial charge in [-0.05, 0) is 70.8 Å². The topological polar surface area (TPSA) is 21.3 Å². The van der Waals surface area contributed by atoms with E-state index < -0.39 is 0 Å². The highest BCUT2D eigenvalue weighted by Crippen LogP contribution is 2.40. The van der Waals surface area contributed by atoms with E-state index in [0.717, 1.165) is 19.1 Å². The lowest BCUT2D eigenvalue weighted by Gasteiger charge is -2.46. The van der Waals surface area contributed by atoms with E-state index in [1.54, 1.807) is 5.57 Å². The van der Waals surface area contributed by atoms with E-state index in [-0.39, 0.29) is 5.60 Å². The maximum absolute atomic E-state index is 6.42. The fraction of sp³-hybridized carbons (Fsp3) is 0.895. The van der Waals surface area contributed by atoms with Crippen LogP contribution in [0.25, 0.3) is 0 Å². The number of likely N-dealkylation sites (N-methyl/N-ethyl adjacent to an activating group) is 1. The van der Waals surface area contributed by atoms with Crippen molar-refractivity contribution in [3.63, 3.8) is 0 Å². The summed E-state index contributed by atoms with van der Waals surface area (Å²) in [5.41, 5.74) is 1.69. The SMILES string of the molecule is CCNC(C1=CCCCCC1)C1(OCC)CCC(C)CC1. The second kappa shape index (κ2) is 8.33. The summed E-state index contributed by atoms with van der Waals surface area (Å²) in [5, 5.41) is 3.80. The van der Waals surface area contributed by atoms with Crippen molar-refractivity contribution in [2.45, 2.75) is 90.2 Å². The fourth-order valence-electron chi connectivity index (χ4n) is 4.22. The quantitative estimate of drug-likeness (QED) is 0.707. The van der Waals surface area contributed by atoms with Gasteiger partial charge >= 0.3 is 0 Å². The smallest absolute Gasteiger partial charge is 0.0873 e. The number of ether oxygens (including phenoxy) is 1. The van der Waals surface area contributed by atoms with E-state index in [1.165, 1.54) is 57.8 Å². The van der Waals surface area contributed by atoms with E-state index in [0.29, 0.717) is 6.04 Å². The lowest BCUT2D eigenvalue weighted by molar-refractivity contribution is -0.0887. The van der Waals surface area contributed by atoms with Gasteiger partial charge in [0.1, 0.15) is 0 Å². The molecule has 122 valence electrons. The molecular weight excluding hydrogens is 258 g/mol. The van der Waals surface area contributed by atoms with Crippen molar-refractivity contribution in [3.8, 4) is 0 Å². The number of rotatable bonds is 6. The predicted octanol–water partition coefficient (Wildman–Crippen LogP) is 4.84. The van der Waals surface area contributed by atoms with Crippen LogP contribution in [-0.2, 0) is 4.74 Å². The molecule has 1 unspecified atom stereocenters. The predicted molar refractivity (Wildman–Crippen MR) is 90.6 cm³/mol. The zero-order valence-electron chi connectivity index (χ0n) is 14.4. The summed E-state index contributed by atoms with van der Waals surface area (Å²) in [4.78, 5) is 0. The molecule has 2 nitrogen and oxygen atoms in total. The van der Waals surface area contributed by atoms with Crippen LogP contribution >= 0.6 is 0 Å². The van der Waals surface area contributed by atoms with Crippen molar-refractivity contribution >= 4 is 0 Å². The van der Waals surface area contributed by atoms with Crippen LogP contribution in [0.4, 0.5) is 0 Å². The molecule has 1 N–H and O–H groups in total. The first-order valence-electron chi connectivity index (χ1n) is 9.28. The summed E-state index contributed by atoms with van der Waals surface area (Å²) in [6.07, 6.45) is 14.2. The molecule has 0 aromatic carbocycles. The molecule has 1 fully saturated rings. The molecule has 0 saturated heterocycles. The van der Waals surface area contributed by atoms with Gasteiger partial charge in [0, 0.05) is 6.61 Å². The van der Waals surface area contributed by atoms with E-state index in [2.05, 4.69) is 32.2 Å². The molecule has 0 amide bonds. The van der Waals surface area contributed by atoms with Crippen LogP contribution in [-0.4, -0.2) is 24.8 Å². The molecule has 0 bridgehead atoms. The molecule has 21 heavy (non-hydrogen) atoms. The molecule has 2 aliphatic rings. The van der Waals surface area contributed by atoms with E-state index in [1.807, 2.05) is 0 Å². The third-order valence-electron chi connectivity index (χ3n) is 5.43. The highest BCUT2D eigenvalue weighted by molar-refractivity contribution is 5.19. The van der Waals surface area contributed by atoms with Crippen LogP contribution in [0.3, 0.4) is 0 Å². The Hall–Kier alpha value is -0.340. The van der Waals surface area contributed by atoms with Gasteiger partial charge in [0.15, 0.2) is 0 Å². The first kappa shape index (κ1) is 17.0. The van der Waals surface area contributed by atoms with Gasteiger partial charge in [-0.2, -0.15) is 0 Å². The highest BCUT2D eigenvalue weighted by Gasteiger charge is 2.43. The van der Waals surface area contributed by atoms with Gasteiger partial charge in [-0.15, -0.1) is 0 Å². The van der Waals surface area contributed by atoms with Gasteiger partial charge in [0.05, 0.1) is 11.6 Å². The molecule has 0 radical (unpaired) electrons. The molecule has 0 aliphatic heterocycles. The molecule has 1 atom stereocenters. The average molecular weight is 293 g/mol. The summed E-state index contributed by atoms with van der Waals surface area (Å²) in [7, 11) is 0. The maximum atomic E-state index is 6.42. The molecule has 2 rings (SSSR count). The van der Waals surface area contributed by atoms with Crippen LogP contribution in [0.1, 0.15) is 78.6 Å². The molecule has 0 spiro atoms. The summed E-state index contributed by atoms with van der Waals surface area (Å²) in [6, 6.07) is 0.438. The third kappa shape index (κ3) is 4.32. The second-order valence-corrected chi connectivity index (χ2v) is 7.05. The Balaban J connectivity index is 2.21. The molecule has 1 saturated carbocycles. The second-order valence-electron chi connectivity index (χ2n) is 7.05. The molecule has 2 aliphatic carbocycles. The van der Waals surface area contributed by atoms with Gasteiger partial charge in [0.2, 0.25) is 0 Å². The van der Waals surface area contributed by atoms with Crippen LogP contribution in [0.2, 0.25) is 0 Å². The molecule has 0 aromatic rings. The first-order chi connectivity index (χ1) is 10.2. The van der Waals surface area contributed by atoms with Crippen molar-refractivity contribution in [3.05, 3.63) is 11.6 Å². The number of hydrogen-bond donors (Lipinski definition) is 1. The molecule has 2 heteroatoms. The van der Waals surface area contributed by atoms with Crippen molar-refractivity contribution in [1.29, 1.82) is 0 Å². The summed E-state index contributed by atoms with van der Waals surface area (Å²) < 4.78 is 6.42. The van der Waals surface area contributed by atoms with Gasteiger partial charge in [0.25, 0.3) is 0 Å². The van der Waals surface area contributed by atoms with Crippen molar-refractivity contribution < 1.29 is 4.74 Å². The average Bonchev–Trinajstić information content (AvgIpc) is 2.77. The summed E-state index contributed by atoms with van der Waals surface area (Å²) in [5.74, 6) is 0.865. The largest absolute Gasteiger partial charge is 0.373 e. The van der Waals surface area contributed by atoms with E-state index >= 15 is 0 Å². The standard InChI is InChI=1S/C19H35NO/c1-4-20-18(17-10-8-6-7-9-11-17)19(21-5-2)14-12-16(3)13-15-19/h10,16,18,20H,4-9,11-15H2,1-3H3. The third-order valence-corrected chi connectivity index (χ3v) is 5.43. The van der Waals surface area contributed by atoms with Gasteiger partial charge in [-0.3, -0.25) is 0 Å². The Bertz CT molecular complexity index is 328. The minimum Gasteiger partial charge on any atom is -0.373 e. The monoisotopic (exact) mass is 293 g/mol. The minimum atomic E-state index is 0.0491. The van der Waals surface area contributed by atoms with Crippen LogP contribution in [0, 0.1) is 5.92 Å².